The monoisotopic (exact) mass is 304 g/mol. The largest absolute Gasteiger partial charge is 0.381 e. The van der Waals surface area contributed by atoms with Crippen molar-refractivity contribution in [2.75, 3.05) is 13.2 Å². The van der Waals surface area contributed by atoms with E-state index in [1.54, 1.807) is 0 Å². The third kappa shape index (κ3) is 1.74. The van der Waals surface area contributed by atoms with Crippen molar-refractivity contribution in [1.82, 2.24) is 0 Å². The Hall–Kier alpha value is -0.370. The lowest BCUT2D eigenvalue weighted by atomic mass is 9.42. The number of ether oxygens (including phenoxy) is 1. The molecule has 3 saturated carbocycles. The van der Waals surface area contributed by atoms with Crippen LogP contribution in [0.1, 0.15) is 72.1 Å². The summed E-state index contributed by atoms with van der Waals surface area (Å²) in [6, 6.07) is 0. The summed E-state index contributed by atoms with van der Waals surface area (Å²) in [7, 11) is 0. The Balaban J connectivity index is 1.71. The highest BCUT2D eigenvalue weighted by molar-refractivity contribution is 5.88. The zero-order valence-corrected chi connectivity index (χ0v) is 14.6. The van der Waals surface area contributed by atoms with Crippen molar-refractivity contribution >= 4 is 5.78 Å². The molecule has 6 unspecified atom stereocenters. The van der Waals surface area contributed by atoms with E-state index in [9.17, 15) is 4.79 Å². The van der Waals surface area contributed by atoms with Crippen LogP contribution in [0.2, 0.25) is 0 Å². The summed E-state index contributed by atoms with van der Waals surface area (Å²) in [5, 5.41) is 0. The van der Waals surface area contributed by atoms with E-state index in [0.29, 0.717) is 11.2 Å². The van der Waals surface area contributed by atoms with Gasteiger partial charge in [-0.15, -0.1) is 0 Å². The Bertz CT molecular complexity index is 486. The summed E-state index contributed by atoms with van der Waals surface area (Å²) in [6.07, 6.45) is 9.58. The Morgan fingerprint density at radius 1 is 0.909 bits per heavy atom. The molecule has 0 radical (unpaired) electrons. The SMILES string of the molecule is CC12CCOCCC1CCC1C2CCC2(C)C(=O)CCC12C. The van der Waals surface area contributed by atoms with Crippen LogP contribution < -0.4 is 0 Å². The summed E-state index contributed by atoms with van der Waals surface area (Å²) in [4.78, 5) is 12.6. The number of carbonyl (C=O) groups is 1. The molecule has 0 amide bonds. The maximum atomic E-state index is 12.6. The summed E-state index contributed by atoms with van der Waals surface area (Å²) in [5.74, 6) is 2.99. The highest BCUT2D eigenvalue weighted by Crippen LogP contribution is 2.69. The maximum absolute atomic E-state index is 12.6. The van der Waals surface area contributed by atoms with Gasteiger partial charge in [0.1, 0.15) is 5.78 Å². The molecule has 22 heavy (non-hydrogen) atoms. The standard InChI is InChI=1S/C20H32O2/c1-18-11-13-22-12-8-14(18)4-5-16-15(18)6-9-20(3)17(21)7-10-19(16,20)2/h14-16H,4-13H2,1-3H3. The smallest absolute Gasteiger partial charge is 0.139 e. The minimum absolute atomic E-state index is 0.0292. The molecular formula is C20H32O2. The topological polar surface area (TPSA) is 26.3 Å². The Kier molecular flexibility index (Phi) is 3.32. The van der Waals surface area contributed by atoms with Crippen LogP contribution in [0.4, 0.5) is 0 Å². The van der Waals surface area contributed by atoms with E-state index in [2.05, 4.69) is 20.8 Å². The molecule has 4 aliphatic rings. The van der Waals surface area contributed by atoms with E-state index in [1.807, 2.05) is 0 Å². The molecule has 1 saturated heterocycles. The predicted octanol–water partition coefficient (Wildman–Crippen LogP) is 4.61. The van der Waals surface area contributed by atoms with Gasteiger partial charge in [-0.1, -0.05) is 20.8 Å². The first-order valence-electron chi connectivity index (χ1n) is 9.53. The van der Waals surface area contributed by atoms with Crippen LogP contribution in [0.25, 0.3) is 0 Å². The molecule has 0 bridgehead atoms. The summed E-state index contributed by atoms with van der Waals surface area (Å²) in [6.45, 7) is 9.23. The Morgan fingerprint density at radius 2 is 1.73 bits per heavy atom. The number of fused-ring (bicyclic) bond motifs is 5. The zero-order valence-electron chi connectivity index (χ0n) is 14.6. The number of carbonyl (C=O) groups excluding carboxylic acids is 1. The average molecular weight is 304 g/mol. The van der Waals surface area contributed by atoms with E-state index in [0.717, 1.165) is 50.2 Å². The first-order chi connectivity index (χ1) is 10.4. The quantitative estimate of drug-likeness (QED) is 0.653. The van der Waals surface area contributed by atoms with Gasteiger partial charge in [-0.05, 0) is 73.5 Å². The molecule has 0 N–H and O–H groups in total. The zero-order chi connectivity index (χ0) is 15.6. The van der Waals surface area contributed by atoms with Crippen molar-refractivity contribution in [2.24, 2.45) is 34.0 Å². The van der Waals surface area contributed by atoms with Crippen LogP contribution in [0.5, 0.6) is 0 Å². The van der Waals surface area contributed by atoms with Crippen molar-refractivity contribution in [1.29, 1.82) is 0 Å². The van der Waals surface area contributed by atoms with Gasteiger partial charge in [0, 0.05) is 25.0 Å². The highest BCUT2D eigenvalue weighted by atomic mass is 16.5. The van der Waals surface area contributed by atoms with E-state index in [-0.39, 0.29) is 10.8 Å². The second-order valence-electron chi connectivity index (χ2n) is 9.36. The van der Waals surface area contributed by atoms with Gasteiger partial charge >= 0.3 is 0 Å². The second kappa shape index (κ2) is 4.82. The molecule has 2 nitrogen and oxygen atoms in total. The predicted molar refractivity (Wildman–Crippen MR) is 87.6 cm³/mol. The molecule has 1 heterocycles. The maximum Gasteiger partial charge on any atom is 0.139 e. The molecule has 2 heteroatoms. The van der Waals surface area contributed by atoms with Crippen LogP contribution in [-0.2, 0) is 9.53 Å². The molecule has 3 aliphatic carbocycles. The van der Waals surface area contributed by atoms with Gasteiger partial charge in [0.05, 0.1) is 0 Å². The Morgan fingerprint density at radius 3 is 2.55 bits per heavy atom. The van der Waals surface area contributed by atoms with Crippen LogP contribution in [-0.4, -0.2) is 19.0 Å². The molecule has 124 valence electrons. The van der Waals surface area contributed by atoms with E-state index >= 15 is 0 Å². The average Bonchev–Trinajstić information content (AvgIpc) is 2.65. The lowest BCUT2D eigenvalue weighted by Crippen LogP contribution is -2.56. The fourth-order valence-corrected chi connectivity index (χ4v) is 7.16. The van der Waals surface area contributed by atoms with E-state index in [4.69, 9.17) is 4.74 Å². The van der Waals surface area contributed by atoms with Gasteiger partial charge in [0.2, 0.25) is 0 Å². The third-order valence-corrected chi connectivity index (χ3v) is 9.01. The van der Waals surface area contributed by atoms with Gasteiger partial charge < -0.3 is 4.74 Å². The number of ketones is 1. The van der Waals surface area contributed by atoms with E-state index < -0.39 is 0 Å². The van der Waals surface area contributed by atoms with Crippen LogP contribution in [0, 0.1) is 34.0 Å². The van der Waals surface area contributed by atoms with Crippen LogP contribution >= 0.6 is 0 Å². The van der Waals surface area contributed by atoms with E-state index in [1.165, 1.54) is 32.1 Å². The molecule has 4 fully saturated rings. The van der Waals surface area contributed by atoms with Crippen molar-refractivity contribution in [2.45, 2.75) is 72.1 Å². The molecule has 6 atom stereocenters. The van der Waals surface area contributed by atoms with Crippen LogP contribution in [0.15, 0.2) is 0 Å². The van der Waals surface area contributed by atoms with Crippen LogP contribution in [0.3, 0.4) is 0 Å². The molecule has 0 aromatic rings. The second-order valence-corrected chi connectivity index (χ2v) is 9.36. The van der Waals surface area contributed by atoms with Crippen molar-refractivity contribution in [3.63, 3.8) is 0 Å². The van der Waals surface area contributed by atoms with Gasteiger partial charge in [0.25, 0.3) is 0 Å². The fourth-order valence-electron chi connectivity index (χ4n) is 7.16. The molecule has 0 spiro atoms. The molecule has 4 rings (SSSR count). The summed E-state index contributed by atoms with van der Waals surface area (Å²) >= 11 is 0. The first kappa shape index (κ1) is 15.2. The minimum Gasteiger partial charge on any atom is -0.381 e. The number of Topliss-reactive ketones (excluding diaryl/α,β-unsaturated/α-hetero) is 1. The molecular weight excluding hydrogens is 272 g/mol. The van der Waals surface area contributed by atoms with Crippen molar-refractivity contribution in [3.8, 4) is 0 Å². The number of rotatable bonds is 0. The number of hydrogen-bond donors (Lipinski definition) is 0. The summed E-state index contributed by atoms with van der Waals surface area (Å²) < 4.78 is 5.83. The Labute approximate surface area is 135 Å². The van der Waals surface area contributed by atoms with Crippen molar-refractivity contribution < 1.29 is 9.53 Å². The first-order valence-corrected chi connectivity index (χ1v) is 9.53. The van der Waals surface area contributed by atoms with Gasteiger partial charge in [-0.2, -0.15) is 0 Å². The number of hydrogen-bond acceptors (Lipinski definition) is 2. The third-order valence-electron chi connectivity index (χ3n) is 9.01. The molecule has 1 aliphatic heterocycles. The van der Waals surface area contributed by atoms with Gasteiger partial charge in [0.15, 0.2) is 0 Å². The molecule has 0 aromatic heterocycles. The highest BCUT2D eigenvalue weighted by Gasteiger charge is 2.65. The minimum atomic E-state index is -0.0292. The van der Waals surface area contributed by atoms with Crippen molar-refractivity contribution in [3.05, 3.63) is 0 Å². The lowest BCUT2D eigenvalue weighted by Gasteiger charge is -2.62. The fraction of sp³-hybridized carbons (Fsp3) is 0.950. The lowest BCUT2D eigenvalue weighted by molar-refractivity contribution is -0.153. The van der Waals surface area contributed by atoms with Gasteiger partial charge in [-0.3, -0.25) is 4.79 Å². The molecule has 0 aromatic carbocycles. The van der Waals surface area contributed by atoms with Gasteiger partial charge in [-0.25, -0.2) is 0 Å². The normalized spacial score (nSPS) is 55.0. The summed E-state index contributed by atoms with van der Waals surface area (Å²) in [5.41, 5.74) is 0.683.